The molecule has 0 atom stereocenters. The van der Waals surface area contributed by atoms with Crippen molar-refractivity contribution >= 4 is 0 Å². The largest absolute Gasteiger partial charge is 0.392 e. The Morgan fingerprint density at radius 2 is 1.64 bits per heavy atom. The van der Waals surface area contributed by atoms with Crippen molar-refractivity contribution < 1.29 is 13.9 Å². The molecular formula is C22H30F2O. The topological polar surface area (TPSA) is 20.2 Å². The van der Waals surface area contributed by atoms with Gasteiger partial charge in [-0.3, -0.25) is 0 Å². The molecule has 0 saturated carbocycles. The molecule has 0 spiro atoms. The average Bonchev–Trinajstić information content (AvgIpc) is 2.58. The lowest BCUT2D eigenvalue weighted by atomic mass is 9.79. The molecule has 0 aromatic heterocycles. The summed E-state index contributed by atoms with van der Waals surface area (Å²) in [6.07, 6.45) is 2.86. The maximum absolute atomic E-state index is 14.2. The fraction of sp³-hybridized carbons (Fsp3) is 0.455. The molecule has 2 rings (SSSR count). The van der Waals surface area contributed by atoms with Gasteiger partial charge in [-0.15, -0.1) is 0 Å². The van der Waals surface area contributed by atoms with Crippen LogP contribution in [0.15, 0.2) is 36.4 Å². The number of benzene rings is 2. The summed E-state index contributed by atoms with van der Waals surface area (Å²) in [4.78, 5) is 0. The van der Waals surface area contributed by atoms with Crippen molar-refractivity contribution in [3.05, 3.63) is 59.2 Å². The number of halogens is 2. The first-order valence-electron chi connectivity index (χ1n) is 9.04. The van der Waals surface area contributed by atoms with Gasteiger partial charge in [-0.25, -0.2) is 8.78 Å². The summed E-state index contributed by atoms with van der Waals surface area (Å²) in [5.41, 5.74) is 2.76. The van der Waals surface area contributed by atoms with Crippen molar-refractivity contribution in [3.63, 3.8) is 0 Å². The Morgan fingerprint density at radius 1 is 0.960 bits per heavy atom. The molecule has 0 aliphatic carbocycles. The minimum atomic E-state index is -0.452. The van der Waals surface area contributed by atoms with E-state index in [1.807, 2.05) is 19.9 Å². The van der Waals surface area contributed by atoms with E-state index in [-0.39, 0.29) is 17.6 Å². The summed E-state index contributed by atoms with van der Waals surface area (Å²) in [5.74, 6) is -0.885. The molecule has 0 aliphatic heterocycles. The summed E-state index contributed by atoms with van der Waals surface area (Å²) in [6, 6.07) is 8.96. The van der Waals surface area contributed by atoms with Crippen molar-refractivity contribution in [2.45, 2.75) is 60.5 Å². The lowest BCUT2D eigenvalue weighted by Gasteiger charge is -2.26. The predicted octanol–water partition coefficient (Wildman–Crippen LogP) is 6.52. The van der Waals surface area contributed by atoms with E-state index in [2.05, 4.69) is 20.8 Å². The first kappa shape index (κ1) is 21.3. The van der Waals surface area contributed by atoms with Gasteiger partial charge in [0.25, 0.3) is 0 Å². The highest BCUT2D eigenvalue weighted by molar-refractivity contribution is 5.68. The van der Waals surface area contributed by atoms with Crippen LogP contribution >= 0.6 is 0 Å². The van der Waals surface area contributed by atoms with E-state index < -0.39 is 11.6 Å². The van der Waals surface area contributed by atoms with E-state index in [0.717, 1.165) is 42.5 Å². The highest BCUT2D eigenvalue weighted by atomic mass is 19.1. The second-order valence-corrected chi connectivity index (χ2v) is 6.86. The molecule has 2 aromatic rings. The van der Waals surface area contributed by atoms with E-state index in [1.54, 1.807) is 12.1 Å². The van der Waals surface area contributed by atoms with Crippen LogP contribution < -0.4 is 0 Å². The molecule has 0 fully saturated rings. The molecule has 0 saturated heterocycles. The molecule has 2 aromatic carbocycles. The third kappa shape index (κ3) is 5.93. The van der Waals surface area contributed by atoms with E-state index >= 15 is 0 Å². The van der Waals surface area contributed by atoms with Gasteiger partial charge in [-0.2, -0.15) is 0 Å². The van der Waals surface area contributed by atoms with E-state index in [0.29, 0.717) is 5.56 Å². The predicted molar refractivity (Wildman–Crippen MR) is 101 cm³/mol. The van der Waals surface area contributed by atoms with Crippen molar-refractivity contribution in [3.8, 4) is 11.1 Å². The van der Waals surface area contributed by atoms with Crippen LogP contribution in [-0.2, 0) is 13.0 Å². The highest BCUT2D eigenvalue weighted by Gasteiger charge is 2.21. The molecule has 0 amide bonds. The maximum Gasteiger partial charge on any atom is 0.131 e. The Bertz CT molecular complexity index is 678. The van der Waals surface area contributed by atoms with E-state index in [4.69, 9.17) is 0 Å². The Hall–Kier alpha value is -1.74. The Kier molecular flexibility index (Phi) is 8.24. The number of aliphatic hydroxyl groups is 1. The second-order valence-electron chi connectivity index (χ2n) is 6.86. The number of hydrogen-bond donors (Lipinski definition) is 1. The van der Waals surface area contributed by atoms with Gasteiger partial charge in [-0.05, 0) is 53.1 Å². The Labute approximate surface area is 150 Å². The first-order chi connectivity index (χ1) is 11.9. The molecule has 3 heteroatoms. The van der Waals surface area contributed by atoms with E-state index in [1.165, 1.54) is 6.07 Å². The van der Waals surface area contributed by atoms with Gasteiger partial charge in [0.05, 0.1) is 6.61 Å². The third-order valence-corrected chi connectivity index (χ3v) is 4.17. The van der Waals surface area contributed by atoms with Crippen molar-refractivity contribution in [1.29, 1.82) is 0 Å². The Morgan fingerprint density at radius 3 is 2.24 bits per heavy atom. The summed E-state index contributed by atoms with van der Waals surface area (Å²) in [6.45, 7) is 10.4. The SMILES string of the molecule is CC.CCCC(C)(C)Cc1cc(CO)ccc1-c1cc(F)ccc1F. The summed E-state index contributed by atoms with van der Waals surface area (Å²) >= 11 is 0. The monoisotopic (exact) mass is 348 g/mol. The zero-order valence-corrected chi connectivity index (χ0v) is 16.0. The second kappa shape index (κ2) is 9.67. The highest BCUT2D eigenvalue weighted by Crippen LogP contribution is 2.34. The van der Waals surface area contributed by atoms with Gasteiger partial charge >= 0.3 is 0 Å². The molecular weight excluding hydrogens is 318 g/mol. The number of aliphatic hydroxyl groups excluding tert-OH is 1. The molecule has 138 valence electrons. The minimum Gasteiger partial charge on any atom is -0.392 e. The van der Waals surface area contributed by atoms with Gasteiger partial charge in [0, 0.05) is 5.56 Å². The summed E-state index contributed by atoms with van der Waals surface area (Å²) in [7, 11) is 0. The van der Waals surface area contributed by atoms with Crippen LogP contribution in [0.2, 0.25) is 0 Å². The summed E-state index contributed by atoms with van der Waals surface area (Å²) in [5, 5.41) is 9.39. The lowest BCUT2D eigenvalue weighted by molar-refractivity contribution is 0.281. The molecule has 0 aliphatic rings. The smallest absolute Gasteiger partial charge is 0.131 e. The first-order valence-corrected chi connectivity index (χ1v) is 9.04. The van der Waals surface area contributed by atoms with Gasteiger partial charge in [-0.1, -0.05) is 59.2 Å². The quantitative estimate of drug-likeness (QED) is 0.630. The van der Waals surface area contributed by atoms with E-state index in [9.17, 15) is 13.9 Å². The van der Waals surface area contributed by atoms with Gasteiger partial charge in [0.1, 0.15) is 11.6 Å². The maximum atomic E-state index is 14.2. The molecule has 0 radical (unpaired) electrons. The van der Waals surface area contributed by atoms with Crippen LogP contribution in [0.4, 0.5) is 8.78 Å². The van der Waals surface area contributed by atoms with Crippen molar-refractivity contribution in [2.24, 2.45) is 5.41 Å². The zero-order valence-electron chi connectivity index (χ0n) is 16.0. The van der Waals surface area contributed by atoms with Gasteiger partial charge in [0.15, 0.2) is 0 Å². The van der Waals surface area contributed by atoms with Gasteiger partial charge in [0.2, 0.25) is 0 Å². The average molecular weight is 348 g/mol. The standard InChI is InChI=1S/C20H24F2O.C2H6/c1-4-9-20(2,3)12-15-10-14(13-23)5-7-17(15)18-11-16(21)6-8-19(18)22;1-2/h5-8,10-11,23H,4,9,12-13H2,1-3H3;1-2H3. The van der Waals surface area contributed by atoms with Crippen LogP contribution in [-0.4, -0.2) is 5.11 Å². The molecule has 0 bridgehead atoms. The normalized spacial score (nSPS) is 11.0. The van der Waals surface area contributed by atoms with Crippen molar-refractivity contribution in [1.82, 2.24) is 0 Å². The fourth-order valence-electron chi connectivity index (χ4n) is 3.14. The summed E-state index contributed by atoms with van der Waals surface area (Å²) < 4.78 is 27.7. The zero-order chi connectivity index (χ0) is 19.0. The van der Waals surface area contributed by atoms with Crippen LogP contribution in [0, 0.1) is 17.0 Å². The number of rotatable bonds is 6. The minimum absolute atomic E-state index is 0.0569. The number of hydrogen-bond acceptors (Lipinski definition) is 1. The molecule has 1 nitrogen and oxygen atoms in total. The van der Waals surface area contributed by atoms with Crippen LogP contribution in [0.25, 0.3) is 11.1 Å². The Balaban J connectivity index is 0.00000151. The fourth-order valence-corrected chi connectivity index (χ4v) is 3.14. The van der Waals surface area contributed by atoms with Crippen LogP contribution in [0.1, 0.15) is 58.6 Å². The van der Waals surface area contributed by atoms with Crippen LogP contribution in [0.5, 0.6) is 0 Å². The molecule has 0 heterocycles. The van der Waals surface area contributed by atoms with Crippen molar-refractivity contribution in [2.75, 3.05) is 0 Å². The van der Waals surface area contributed by atoms with Crippen LogP contribution in [0.3, 0.4) is 0 Å². The van der Waals surface area contributed by atoms with Gasteiger partial charge < -0.3 is 5.11 Å². The third-order valence-electron chi connectivity index (χ3n) is 4.17. The molecule has 1 N–H and O–H groups in total. The molecule has 25 heavy (non-hydrogen) atoms. The molecule has 0 unspecified atom stereocenters. The lowest BCUT2D eigenvalue weighted by Crippen LogP contribution is -2.15.